The van der Waals surface area contributed by atoms with E-state index in [1.807, 2.05) is 6.07 Å². The van der Waals surface area contributed by atoms with Crippen molar-refractivity contribution in [3.63, 3.8) is 0 Å². The van der Waals surface area contributed by atoms with Crippen molar-refractivity contribution >= 4 is 11.0 Å². The molecule has 0 amide bonds. The summed E-state index contributed by atoms with van der Waals surface area (Å²) in [6.45, 7) is 1.69. The lowest BCUT2D eigenvalue weighted by Crippen LogP contribution is -2.09. The van der Waals surface area contributed by atoms with Crippen LogP contribution in [0.2, 0.25) is 0 Å². The molecule has 106 valence electrons. The van der Waals surface area contributed by atoms with Gasteiger partial charge in [-0.15, -0.1) is 0 Å². The molecule has 3 heteroatoms. The molecule has 1 aliphatic rings. The van der Waals surface area contributed by atoms with Crippen LogP contribution in [0.1, 0.15) is 30.3 Å². The maximum absolute atomic E-state index is 5.86. The molecule has 3 nitrogen and oxygen atoms in total. The van der Waals surface area contributed by atoms with E-state index in [0.29, 0.717) is 0 Å². The van der Waals surface area contributed by atoms with Crippen molar-refractivity contribution in [3.05, 3.63) is 66.0 Å². The Morgan fingerprint density at radius 2 is 1.86 bits per heavy atom. The first kappa shape index (κ1) is 12.6. The number of fused-ring (bicyclic) bond motifs is 1. The maximum Gasteiger partial charge on any atom is 0.139 e. The van der Waals surface area contributed by atoms with E-state index in [1.165, 1.54) is 11.1 Å². The monoisotopic (exact) mass is 278 g/mol. The van der Waals surface area contributed by atoms with E-state index in [-0.39, 0.29) is 6.10 Å². The number of nitrogens with zero attached hydrogens (tertiary/aromatic N) is 2. The Kier molecular flexibility index (Phi) is 3.20. The highest BCUT2D eigenvalue weighted by Crippen LogP contribution is 2.31. The summed E-state index contributed by atoms with van der Waals surface area (Å²) >= 11 is 0. The van der Waals surface area contributed by atoms with Gasteiger partial charge in [0.25, 0.3) is 0 Å². The number of aromatic nitrogens is 2. The third kappa shape index (κ3) is 2.34. The molecule has 3 aromatic rings. The molecular formula is C18H18N2O. The number of hydrogen-bond donors (Lipinski definition) is 0. The van der Waals surface area contributed by atoms with Crippen LogP contribution in [0.5, 0.6) is 0 Å². The van der Waals surface area contributed by atoms with Crippen molar-refractivity contribution in [2.45, 2.75) is 25.5 Å². The fourth-order valence-corrected chi connectivity index (χ4v) is 3.05. The van der Waals surface area contributed by atoms with Crippen LogP contribution in [0.25, 0.3) is 11.0 Å². The summed E-state index contributed by atoms with van der Waals surface area (Å²) in [7, 11) is 0. The molecule has 2 aromatic carbocycles. The molecule has 0 bridgehead atoms. The van der Waals surface area contributed by atoms with E-state index < -0.39 is 0 Å². The van der Waals surface area contributed by atoms with Crippen LogP contribution in [-0.4, -0.2) is 16.2 Å². The second kappa shape index (κ2) is 5.34. The maximum atomic E-state index is 5.86. The second-order valence-electron chi connectivity index (χ2n) is 5.53. The number of benzene rings is 2. The van der Waals surface area contributed by atoms with Gasteiger partial charge in [0.05, 0.1) is 11.0 Å². The number of para-hydroxylation sites is 2. The van der Waals surface area contributed by atoms with E-state index in [2.05, 4.69) is 53.1 Å². The first-order valence-corrected chi connectivity index (χ1v) is 7.52. The van der Waals surface area contributed by atoms with Crippen molar-refractivity contribution in [3.8, 4) is 0 Å². The average molecular weight is 278 g/mol. The van der Waals surface area contributed by atoms with E-state index in [1.54, 1.807) is 0 Å². The highest BCUT2D eigenvalue weighted by Gasteiger charge is 2.24. The second-order valence-corrected chi connectivity index (χ2v) is 5.53. The summed E-state index contributed by atoms with van der Waals surface area (Å²) in [5, 5.41) is 0. The van der Waals surface area contributed by atoms with Gasteiger partial charge in [0.15, 0.2) is 0 Å². The van der Waals surface area contributed by atoms with Crippen LogP contribution in [-0.2, 0) is 11.3 Å². The Labute approximate surface area is 124 Å². The van der Waals surface area contributed by atoms with Crippen molar-refractivity contribution < 1.29 is 4.74 Å². The van der Waals surface area contributed by atoms with Gasteiger partial charge in [-0.05, 0) is 30.5 Å². The minimum absolute atomic E-state index is 0.140. The molecule has 2 heterocycles. The number of ether oxygens (including phenoxy) is 1. The van der Waals surface area contributed by atoms with E-state index in [0.717, 1.165) is 37.3 Å². The van der Waals surface area contributed by atoms with E-state index in [9.17, 15) is 0 Å². The minimum atomic E-state index is 0.140. The van der Waals surface area contributed by atoms with Gasteiger partial charge in [-0.2, -0.15) is 0 Å². The fourth-order valence-electron chi connectivity index (χ4n) is 3.05. The van der Waals surface area contributed by atoms with E-state index >= 15 is 0 Å². The molecule has 21 heavy (non-hydrogen) atoms. The Balaban J connectivity index is 1.82. The fraction of sp³-hybridized carbons (Fsp3) is 0.278. The summed E-state index contributed by atoms with van der Waals surface area (Å²) in [5.41, 5.74) is 3.53. The Hall–Kier alpha value is -2.13. The zero-order chi connectivity index (χ0) is 14.1. The number of imidazole rings is 1. The first-order valence-electron chi connectivity index (χ1n) is 7.52. The zero-order valence-corrected chi connectivity index (χ0v) is 11.9. The summed E-state index contributed by atoms with van der Waals surface area (Å²) in [4.78, 5) is 4.83. The first-order chi connectivity index (χ1) is 10.4. The summed E-state index contributed by atoms with van der Waals surface area (Å²) < 4.78 is 8.17. The molecule has 1 atom stereocenters. The number of hydrogen-bond acceptors (Lipinski definition) is 2. The van der Waals surface area contributed by atoms with Crippen molar-refractivity contribution in [1.29, 1.82) is 0 Å². The van der Waals surface area contributed by atoms with Crippen molar-refractivity contribution in [2.75, 3.05) is 6.61 Å². The highest BCUT2D eigenvalue weighted by atomic mass is 16.5. The SMILES string of the molecule is c1ccc(Cn2c(C3CCCO3)nc3ccccc32)cc1. The molecule has 0 spiro atoms. The molecule has 1 saturated heterocycles. The summed E-state index contributed by atoms with van der Waals surface area (Å²) in [6, 6.07) is 18.9. The van der Waals surface area contributed by atoms with Gasteiger partial charge < -0.3 is 9.30 Å². The summed E-state index contributed by atoms with van der Waals surface area (Å²) in [5.74, 6) is 1.07. The van der Waals surface area contributed by atoms with Crippen LogP contribution in [0.15, 0.2) is 54.6 Å². The lowest BCUT2D eigenvalue weighted by molar-refractivity contribution is 0.103. The van der Waals surface area contributed by atoms with Crippen LogP contribution in [0.4, 0.5) is 0 Å². The van der Waals surface area contributed by atoms with Crippen LogP contribution < -0.4 is 0 Å². The topological polar surface area (TPSA) is 27.1 Å². The third-order valence-corrected chi connectivity index (χ3v) is 4.09. The van der Waals surface area contributed by atoms with Crippen LogP contribution in [0.3, 0.4) is 0 Å². The molecule has 4 rings (SSSR count). The van der Waals surface area contributed by atoms with Gasteiger partial charge in [0, 0.05) is 13.2 Å². The van der Waals surface area contributed by atoms with Gasteiger partial charge in [-0.3, -0.25) is 0 Å². The minimum Gasteiger partial charge on any atom is -0.370 e. The molecule has 1 aliphatic heterocycles. The molecule has 0 N–H and O–H groups in total. The Morgan fingerprint density at radius 3 is 2.67 bits per heavy atom. The predicted molar refractivity (Wildman–Crippen MR) is 83.2 cm³/mol. The largest absolute Gasteiger partial charge is 0.370 e. The Morgan fingerprint density at radius 1 is 1.05 bits per heavy atom. The highest BCUT2D eigenvalue weighted by molar-refractivity contribution is 5.76. The molecule has 0 radical (unpaired) electrons. The van der Waals surface area contributed by atoms with Gasteiger partial charge in [-0.1, -0.05) is 42.5 Å². The van der Waals surface area contributed by atoms with Gasteiger partial charge in [-0.25, -0.2) is 4.98 Å². The lowest BCUT2D eigenvalue weighted by Gasteiger charge is -2.13. The molecule has 1 unspecified atom stereocenters. The van der Waals surface area contributed by atoms with Gasteiger partial charge in [0.2, 0.25) is 0 Å². The zero-order valence-electron chi connectivity index (χ0n) is 11.9. The predicted octanol–water partition coefficient (Wildman–Crippen LogP) is 3.94. The van der Waals surface area contributed by atoms with Gasteiger partial charge >= 0.3 is 0 Å². The van der Waals surface area contributed by atoms with E-state index in [4.69, 9.17) is 9.72 Å². The standard InChI is InChI=1S/C18H18N2O/c1-2-7-14(8-3-1)13-20-16-10-5-4-9-15(16)19-18(20)17-11-6-12-21-17/h1-5,7-10,17H,6,11-13H2. The van der Waals surface area contributed by atoms with Crippen molar-refractivity contribution in [2.24, 2.45) is 0 Å². The summed E-state index contributed by atoms with van der Waals surface area (Å²) in [6.07, 6.45) is 2.33. The molecule has 1 aromatic heterocycles. The Bertz CT molecular complexity index is 742. The smallest absolute Gasteiger partial charge is 0.139 e. The molecule has 0 aliphatic carbocycles. The lowest BCUT2D eigenvalue weighted by atomic mass is 10.2. The van der Waals surface area contributed by atoms with Gasteiger partial charge in [0.1, 0.15) is 11.9 Å². The average Bonchev–Trinajstić information content (AvgIpc) is 3.16. The molecular weight excluding hydrogens is 260 g/mol. The molecule has 1 fully saturated rings. The molecule has 0 saturated carbocycles. The van der Waals surface area contributed by atoms with Crippen molar-refractivity contribution in [1.82, 2.24) is 9.55 Å². The quantitative estimate of drug-likeness (QED) is 0.725. The number of rotatable bonds is 3. The normalized spacial score (nSPS) is 18.4. The van der Waals surface area contributed by atoms with Crippen LogP contribution in [0, 0.1) is 0 Å². The van der Waals surface area contributed by atoms with Crippen LogP contribution >= 0.6 is 0 Å². The third-order valence-electron chi connectivity index (χ3n) is 4.09.